The predicted molar refractivity (Wildman–Crippen MR) is 75.1 cm³/mol. The number of aromatic nitrogens is 2. The minimum Gasteiger partial charge on any atom is -0.353 e. The van der Waals surface area contributed by atoms with Crippen LogP contribution in [0.3, 0.4) is 0 Å². The molecule has 1 N–H and O–H groups in total. The molecule has 0 aliphatic carbocycles. The van der Waals surface area contributed by atoms with Crippen LogP contribution in [-0.4, -0.2) is 35.6 Å². The van der Waals surface area contributed by atoms with E-state index >= 15 is 0 Å². The third kappa shape index (κ3) is 3.56. The van der Waals surface area contributed by atoms with Crippen LogP contribution < -0.4 is 10.2 Å². The summed E-state index contributed by atoms with van der Waals surface area (Å²) in [4.78, 5) is 10.8. The lowest BCUT2D eigenvalue weighted by molar-refractivity contribution is 0.370. The molecule has 1 atom stereocenters. The quantitative estimate of drug-likeness (QED) is 0.910. The van der Waals surface area contributed by atoms with Gasteiger partial charge in [0.1, 0.15) is 11.0 Å². The molecule has 4 nitrogen and oxygen atoms in total. The van der Waals surface area contributed by atoms with Crippen LogP contribution in [0.4, 0.5) is 5.82 Å². The van der Waals surface area contributed by atoms with Crippen molar-refractivity contribution in [3.05, 3.63) is 17.5 Å². The van der Waals surface area contributed by atoms with Gasteiger partial charge in [0, 0.05) is 12.6 Å². The Labute approximate surface area is 114 Å². The van der Waals surface area contributed by atoms with Gasteiger partial charge in [0.15, 0.2) is 0 Å². The molecule has 0 bridgehead atoms. The molecule has 100 valence electrons. The van der Waals surface area contributed by atoms with E-state index in [4.69, 9.17) is 11.6 Å². The van der Waals surface area contributed by atoms with Crippen molar-refractivity contribution in [2.45, 2.75) is 32.7 Å². The lowest BCUT2D eigenvalue weighted by atomic mass is 9.98. The van der Waals surface area contributed by atoms with Crippen LogP contribution in [0.2, 0.25) is 5.15 Å². The second-order valence-electron chi connectivity index (χ2n) is 5.16. The van der Waals surface area contributed by atoms with Gasteiger partial charge in [-0.15, -0.1) is 0 Å². The van der Waals surface area contributed by atoms with Crippen molar-refractivity contribution in [2.24, 2.45) is 5.92 Å². The zero-order valence-corrected chi connectivity index (χ0v) is 11.8. The molecule has 18 heavy (non-hydrogen) atoms. The first kappa shape index (κ1) is 13.6. The smallest absolute Gasteiger partial charge is 0.149 e. The molecular weight excluding hydrogens is 248 g/mol. The Hall–Kier alpha value is -0.870. The maximum Gasteiger partial charge on any atom is 0.149 e. The lowest BCUT2D eigenvalue weighted by Gasteiger charge is -2.33. The van der Waals surface area contributed by atoms with E-state index < -0.39 is 0 Å². The van der Waals surface area contributed by atoms with E-state index in [2.05, 4.69) is 34.0 Å². The first-order valence-electron chi connectivity index (χ1n) is 6.61. The summed E-state index contributed by atoms with van der Waals surface area (Å²) in [6.45, 7) is 7.61. The third-order valence-electron chi connectivity index (χ3n) is 3.36. The highest BCUT2D eigenvalue weighted by molar-refractivity contribution is 6.29. The molecule has 1 saturated heterocycles. The topological polar surface area (TPSA) is 41.0 Å². The van der Waals surface area contributed by atoms with E-state index in [0.29, 0.717) is 17.1 Å². The number of halogens is 1. The fraction of sp³-hybridized carbons (Fsp3) is 0.692. The van der Waals surface area contributed by atoms with Gasteiger partial charge in [-0.25, -0.2) is 4.98 Å². The standard InChI is InChI=1S/C13H21ClN4/c1-10(2)18(9-11-4-3-5-15-6-11)13-8-16-7-12(14)17-13/h7-8,10-11,15H,3-6,9H2,1-2H3. The molecule has 1 aromatic heterocycles. The molecule has 0 saturated carbocycles. The van der Waals surface area contributed by atoms with E-state index in [0.717, 1.165) is 25.5 Å². The van der Waals surface area contributed by atoms with E-state index in [9.17, 15) is 0 Å². The summed E-state index contributed by atoms with van der Waals surface area (Å²) in [5, 5.41) is 3.91. The minimum absolute atomic E-state index is 0.402. The molecule has 2 heterocycles. The highest BCUT2D eigenvalue weighted by atomic mass is 35.5. The van der Waals surface area contributed by atoms with E-state index in [-0.39, 0.29) is 0 Å². The van der Waals surface area contributed by atoms with E-state index in [1.54, 1.807) is 12.4 Å². The van der Waals surface area contributed by atoms with Crippen LogP contribution in [-0.2, 0) is 0 Å². The zero-order valence-electron chi connectivity index (χ0n) is 11.1. The first-order valence-corrected chi connectivity index (χ1v) is 6.99. The maximum atomic E-state index is 5.92. The summed E-state index contributed by atoms with van der Waals surface area (Å²) in [6.07, 6.45) is 5.91. The van der Waals surface area contributed by atoms with Gasteiger partial charge in [-0.05, 0) is 45.7 Å². The van der Waals surface area contributed by atoms with E-state index in [1.807, 2.05) is 0 Å². The Bertz CT molecular complexity index is 377. The van der Waals surface area contributed by atoms with E-state index in [1.165, 1.54) is 12.8 Å². The Balaban J connectivity index is 2.07. The molecule has 2 rings (SSSR count). The minimum atomic E-state index is 0.402. The normalized spacial score (nSPS) is 20.1. The van der Waals surface area contributed by atoms with Gasteiger partial charge in [0.2, 0.25) is 0 Å². The Morgan fingerprint density at radius 1 is 1.50 bits per heavy atom. The molecular formula is C13H21ClN4. The molecule has 1 unspecified atom stereocenters. The largest absolute Gasteiger partial charge is 0.353 e. The van der Waals surface area contributed by atoms with Gasteiger partial charge in [-0.1, -0.05) is 11.6 Å². The van der Waals surface area contributed by atoms with Crippen LogP contribution in [0.5, 0.6) is 0 Å². The van der Waals surface area contributed by atoms with Crippen molar-refractivity contribution >= 4 is 17.4 Å². The molecule has 1 aliphatic rings. The van der Waals surface area contributed by atoms with Crippen molar-refractivity contribution in [1.82, 2.24) is 15.3 Å². The van der Waals surface area contributed by atoms with Crippen LogP contribution in [0.1, 0.15) is 26.7 Å². The van der Waals surface area contributed by atoms with Crippen molar-refractivity contribution < 1.29 is 0 Å². The number of rotatable bonds is 4. The van der Waals surface area contributed by atoms with Crippen LogP contribution in [0.15, 0.2) is 12.4 Å². The Kier molecular flexibility index (Phi) is 4.78. The summed E-state index contributed by atoms with van der Waals surface area (Å²) in [7, 11) is 0. The second kappa shape index (κ2) is 6.34. The van der Waals surface area contributed by atoms with Gasteiger partial charge in [0.05, 0.1) is 12.4 Å². The van der Waals surface area contributed by atoms with Crippen molar-refractivity contribution in [2.75, 3.05) is 24.5 Å². The maximum absolute atomic E-state index is 5.92. The molecule has 0 radical (unpaired) electrons. The zero-order chi connectivity index (χ0) is 13.0. The molecule has 1 aromatic rings. The average Bonchev–Trinajstić information content (AvgIpc) is 2.37. The predicted octanol–water partition coefficient (Wildman–Crippen LogP) is 2.34. The summed E-state index contributed by atoms with van der Waals surface area (Å²) < 4.78 is 0. The first-order chi connectivity index (χ1) is 8.66. The molecule has 0 amide bonds. The highest BCUT2D eigenvalue weighted by Gasteiger charge is 2.20. The SMILES string of the molecule is CC(C)N(CC1CCCNC1)c1cncc(Cl)n1. The second-order valence-corrected chi connectivity index (χ2v) is 5.55. The highest BCUT2D eigenvalue weighted by Crippen LogP contribution is 2.20. The summed E-state index contributed by atoms with van der Waals surface area (Å²) in [6, 6.07) is 0.402. The number of nitrogens with one attached hydrogen (secondary N) is 1. The number of piperidine rings is 1. The fourth-order valence-electron chi connectivity index (χ4n) is 2.40. The number of hydrogen-bond donors (Lipinski definition) is 1. The summed E-state index contributed by atoms with van der Waals surface area (Å²) in [5.41, 5.74) is 0. The third-order valence-corrected chi connectivity index (χ3v) is 3.55. The van der Waals surface area contributed by atoms with Crippen molar-refractivity contribution in [3.8, 4) is 0 Å². The van der Waals surface area contributed by atoms with Crippen LogP contribution >= 0.6 is 11.6 Å². The van der Waals surface area contributed by atoms with Gasteiger partial charge < -0.3 is 10.2 Å². The monoisotopic (exact) mass is 268 g/mol. The lowest BCUT2D eigenvalue weighted by Crippen LogP contribution is -2.41. The van der Waals surface area contributed by atoms with Crippen molar-refractivity contribution in [1.29, 1.82) is 0 Å². The van der Waals surface area contributed by atoms with Crippen LogP contribution in [0.25, 0.3) is 0 Å². The Morgan fingerprint density at radius 2 is 2.33 bits per heavy atom. The van der Waals surface area contributed by atoms with Crippen molar-refractivity contribution in [3.63, 3.8) is 0 Å². The summed E-state index contributed by atoms with van der Waals surface area (Å²) >= 11 is 5.92. The van der Waals surface area contributed by atoms with Gasteiger partial charge in [-0.2, -0.15) is 0 Å². The molecule has 5 heteroatoms. The molecule has 1 fully saturated rings. The average molecular weight is 269 g/mol. The molecule has 0 aromatic carbocycles. The number of hydrogen-bond acceptors (Lipinski definition) is 4. The molecule has 0 spiro atoms. The summed E-state index contributed by atoms with van der Waals surface area (Å²) in [5.74, 6) is 1.56. The number of anilines is 1. The van der Waals surface area contributed by atoms with Gasteiger partial charge in [0.25, 0.3) is 0 Å². The van der Waals surface area contributed by atoms with Gasteiger partial charge >= 0.3 is 0 Å². The molecule has 1 aliphatic heterocycles. The number of nitrogens with zero attached hydrogens (tertiary/aromatic N) is 3. The fourth-order valence-corrected chi connectivity index (χ4v) is 2.54. The van der Waals surface area contributed by atoms with Gasteiger partial charge in [-0.3, -0.25) is 4.98 Å². The van der Waals surface area contributed by atoms with Crippen LogP contribution in [0, 0.1) is 5.92 Å². The Morgan fingerprint density at radius 3 is 2.94 bits per heavy atom.